The van der Waals surface area contributed by atoms with Gasteiger partial charge in [0.25, 0.3) is 11.8 Å². The second-order valence-electron chi connectivity index (χ2n) is 7.36. The van der Waals surface area contributed by atoms with Crippen LogP contribution >= 0.6 is 92.8 Å². The van der Waals surface area contributed by atoms with Gasteiger partial charge >= 0.3 is 0 Å². The Balaban J connectivity index is 0.00000106. The molecule has 3 aromatic carbocycles. The molecule has 210 valence electrons. The van der Waals surface area contributed by atoms with E-state index in [0.717, 1.165) is 0 Å². The molecule has 3 aromatic rings. The van der Waals surface area contributed by atoms with E-state index in [1.54, 1.807) is 24.3 Å². The highest BCUT2D eigenvalue weighted by molar-refractivity contribution is 6.56. The molecule has 0 saturated heterocycles. The van der Waals surface area contributed by atoms with Crippen molar-refractivity contribution >= 4 is 128 Å². The van der Waals surface area contributed by atoms with Gasteiger partial charge in [-0.3, -0.25) is 9.59 Å². The predicted molar refractivity (Wildman–Crippen MR) is 169 cm³/mol. The normalized spacial score (nSPS) is 15.1. The van der Waals surface area contributed by atoms with Gasteiger partial charge in [0.1, 0.15) is 11.7 Å². The summed E-state index contributed by atoms with van der Waals surface area (Å²) in [6.07, 6.45) is 0. The van der Waals surface area contributed by atoms with Crippen molar-refractivity contribution in [1.82, 2.24) is 10.6 Å². The van der Waals surface area contributed by atoms with Crippen molar-refractivity contribution in [1.29, 1.82) is 0 Å². The van der Waals surface area contributed by atoms with Crippen molar-refractivity contribution < 1.29 is 9.59 Å². The Bertz CT molecular complexity index is 1480. The van der Waals surface area contributed by atoms with E-state index in [2.05, 4.69) is 20.6 Å². The number of carbonyl (C=O) groups is 2. The molecule has 5 rings (SSSR count). The van der Waals surface area contributed by atoms with Gasteiger partial charge in [0.2, 0.25) is 0 Å². The summed E-state index contributed by atoms with van der Waals surface area (Å²) < 4.78 is 0. The molecule has 0 radical (unpaired) electrons. The first-order valence-electron chi connectivity index (χ1n) is 11.6. The molecule has 40 heavy (non-hydrogen) atoms. The lowest BCUT2D eigenvalue weighted by Crippen LogP contribution is -2.21. The van der Waals surface area contributed by atoms with Gasteiger partial charge in [-0.1, -0.05) is 121 Å². The third-order valence-electron chi connectivity index (χ3n) is 5.26. The Morgan fingerprint density at radius 2 is 0.700 bits per heavy atom. The molecule has 6 nitrogen and oxygen atoms in total. The molecule has 0 saturated carbocycles. The number of carbonyl (C=O) groups excluding carboxylic acids is 2. The smallest absolute Gasteiger partial charge is 0.259 e. The largest absolute Gasteiger partial charge is 0.306 e. The number of halogens is 8. The van der Waals surface area contributed by atoms with Gasteiger partial charge in [-0.25, -0.2) is 9.98 Å². The number of aliphatic imine (C=N–C) groups is 2. The second kappa shape index (κ2) is 13.5. The van der Waals surface area contributed by atoms with E-state index in [0.29, 0.717) is 11.4 Å². The number of amides is 2. The van der Waals surface area contributed by atoms with Crippen molar-refractivity contribution in [2.45, 2.75) is 27.7 Å². The lowest BCUT2D eigenvalue weighted by molar-refractivity contribution is 0.0975. The van der Waals surface area contributed by atoms with E-state index >= 15 is 0 Å². The van der Waals surface area contributed by atoms with Crippen LogP contribution in [0.4, 0.5) is 11.4 Å². The van der Waals surface area contributed by atoms with Gasteiger partial charge in [0.05, 0.1) is 73.8 Å². The number of amidine groups is 2. The van der Waals surface area contributed by atoms with Crippen LogP contribution in [-0.2, 0) is 0 Å². The Hall–Kier alpha value is -1.74. The molecule has 2 N–H and O–H groups in total. The molecule has 0 spiro atoms. The van der Waals surface area contributed by atoms with Crippen molar-refractivity contribution in [3.63, 3.8) is 0 Å². The zero-order valence-electron chi connectivity index (χ0n) is 21.0. The van der Waals surface area contributed by atoms with Crippen LogP contribution in [0.1, 0.15) is 59.5 Å². The van der Waals surface area contributed by atoms with Crippen LogP contribution in [0.2, 0.25) is 40.2 Å². The third-order valence-corrected chi connectivity index (χ3v) is 8.86. The minimum absolute atomic E-state index is 0.0107. The first kappa shape index (κ1) is 32.8. The third kappa shape index (κ3) is 5.79. The molecule has 0 unspecified atom stereocenters. The summed E-state index contributed by atoms with van der Waals surface area (Å²) in [5, 5.41) is 5.26. The van der Waals surface area contributed by atoms with E-state index < -0.39 is 11.8 Å². The lowest BCUT2D eigenvalue weighted by atomic mass is 10.1. The molecule has 0 atom stereocenters. The molecule has 2 aliphatic rings. The number of nitrogens with zero attached hydrogens (tertiary/aromatic N) is 2. The van der Waals surface area contributed by atoms with Gasteiger partial charge in [0.15, 0.2) is 0 Å². The zero-order chi connectivity index (χ0) is 30.0. The fourth-order valence-electron chi connectivity index (χ4n) is 3.63. The monoisotopic (exact) mass is 698 g/mol. The van der Waals surface area contributed by atoms with E-state index in [1.807, 2.05) is 27.7 Å². The molecule has 2 aliphatic heterocycles. The predicted octanol–water partition coefficient (Wildman–Crippen LogP) is 10.6. The number of benzene rings is 3. The molecule has 0 fully saturated rings. The minimum atomic E-state index is -0.512. The maximum absolute atomic E-state index is 12.4. The number of fused-ring (bicyclic) bond motifs is 2. The van der Waals surface area contributed by atoms with Crippen molar-refractivity contribution in [3.8, 4) is 0 Å². The fraction of sp³-hybridized carbons (Fsp3) is 0.154. The maximum Gasteiger partial charge on any atom is 0.259 e. The van der Waals surface area contributed by atoms with Crippen LogP contribution in [0.3, 0.4) is 0 Å². The van der Waals surface area contributed by atoms with Gasteiger partial charge < -0.3 is 10.6 Å². The van der Waals surface area contributed by atoms with Crippen molar-refractivity contribution in [2.75, 3.05) is 0 Å². The Morgan fingerprint density at radius 3 is 0.975 bits per heavy atom. The van der Waals surface area contributed by atoms with E-state index in [9.17, 15) is 9.59 Å². The topological polar surface area (TPSA) is 82.9 Å². The molecule has 0 bridgehead atoms. The summed E-state index contributed by atoms with van der Waals surface area (Å²) in [6.45, 7) is 8.00. The summed E-state index contributed by atoms with van der Waals surface area (Å²) in [4.78, 5) is 33.8. The minimum Gasteiger partial charge on any atom is -0.306 e. The number of hydrogen-bond donors (Lipinski definition) is 2. The van der Waals surface area contributed by atoms with Crippen LogP contribution in [0.25, 0.3) is 0 Å². The summed E-state index contributed by atoms with van der Waals surface area (Å²) >= 11 is 49.5. The molecule has 2 heterocycles. The van der Waals surface area contributed by atoms with Gasteiger partial charge in [0, 0.05) is 0 Å². The van der Waals surface area contributed by atoms with Gasteiger partial charge in [-0.15, -0.1) is 0 Å². The summed E-state index contributed by atoms with van der Waals surface area (Å²) in [5.41, 5.74) is 1.57. The average Bonchev–Trinajstić information content (AvgIpc) is 3.47. The first-order chi connectivity index (χ1) is 19.0. The van der Waals surface area contributed by atoms with Crippen molar-refractivity contribution in [3.05, 3.63) is 86.7 Å². The van der Waals surface area contributed by atoms with Crippen LogP contribution in [0.5, 0.6) is 0 Å². The van der Waals surface area contributed by atoms with Gasteiger partial charge in [-0.2, -0.15) is 0 Å². The van der Waals surface area contributed by atoms with Gasteiger partial charge in [-0.05, 0) is 24.3 Å². The Kier molecular flexibility index (Phi) is 11.1. The summed E-state index contributed by atoms with van der Waals surface area (Å²) in [7, 11) is 0. The molecular weight excluding hydrogens is 684 g/mol. The Labute approximate surface area is 270 Å². The summed E-state index contributed by atoms with van der Waals surface area (Å²) in [6, 6.07) is 6.52. The molecule has 0 aliphatic carbocycles. The number of nitrogens with one attached hydrogen (secondary N) is 2. The quantitative estimate of drug-likeness (QED) is 0.206. The molecule has 14 heteroatoms. The van der Waals surface area contributed by atoms with Crippen LogP contribution in [-0.4, -0.2) is 23.5 Å². The number of rotatable bonds is 2. The summed E-state index contributed by atoms with van der Waals surface area (Å²) in [5.74, 6) is -0.710. The molecular formula is C26H18Cl8N4O2. The molecule has 2 amide bonds. The highest BCUT2D eigenvalue weighted by Gasteiger charge is 2.35. The number of hydrogen-bond acceptors (Lipinski definition) is 4. The standard InChI is InChI=1S/C22H6Cl8N4O2.2C2H6/c23-11-7-9(13(25)17(29)15(11)27)21(35)33-19(7)31-5-1-2-6(4-3-5)32-20-8-10(22(36)34-20)14(26)18(30)16(28)12(8)24;2*1-2/h1-4H,(H,31,33,35)(H,32,34,36);2*1-2H3. The van der Waals surface area contributed by atoms with Crippen molar-refractivity contribution in [2.24, 2.45) is 9.98 Å². The first-order valence-corrected chi connectivity index (χ1v) is 14.7. The highest BCUT2D eigenvalue weighted by atomic mass is 35.5. The van der Waals surface area contributed by atoms with E-state index in [1.165, 1.54) is 0 Å². The average molecular weight is 702 g/mol. The highest BCUT2D eigenvalue weighted by Crippen LogP contribution is 2.45. The second-order valence-corrected chi connectivity index (χ2v) is 10.4. The Morgan fingerprint density at radius 1 is 0.450 bits per heavy atom. The zero-order valence-corrected chi connectivity index (χ0v) is 27.1. The van der Waals surface area contributed by atoms with E-state index in [4.69, 9.17) is 92.8 Å². The van der Waals surface area contributed by atoms with Crippen LogP contribution in [0, 0.1) is 0 Å². The lowest BCUT2D eigenvalue weighted by Gasteiger charge is -2.08. The maximum atomic E-state index is 12.4. The van der Waals surface area contributed by atoms with E-state index in [-0.39, 0.29) is 74.1 Å². The SMILES string of the molecule is CC.CC.O=C1NC(=Nc2ccc(N=C3NC(=O)c4c(Cl)c(Cl)c(Cl)c(Cl)c43)cc2)c2c(Cl)c(Cl)c(Cl)c(Cl)c21. The molecule has 0 aromatic heterocycles. The van der Waals surface area contributed by atoms with Crippen LogP contribution in [0.15, 0.2) is 34.3 Å². The fourth-order valence-corrected chi connectivity index (χ4v) is 5.68. The van der Waals surface area contributed by atoms with Crippen LogP contribution < -0.4 is 10.6 Å².